The van der Waals surface area contributed by atoms with Crippen LogP contribution in [0.3, 0.4) is 0 Å². The van der Waals surface area contributed by atoms with Gasteiger partial charge in [0, 0.05) is 38.1 Å². The number of amides is 1. The number of anilines is 1. The Hall–Kier alpha value is -2.14. The van der Waals surface area contributed by atoms with Crippen LogP contribution in [-0.2, 0) is 18.3 Å². The smallest absolute Gasteiger partial charge is 0.238 e. The number of nitrogens with zero attached hydrogens (tertiary/aromatic N) is 2. The van der Waals surface area contributed by atoms with Gasteiger partial charge in [0.15, 0.2) is 0 Å². The highest BCUT2D eigenvalue weighted by molar-refractivity contribution is 5.92. The molecule has 0 unspecified atom stereocenters. The van der Waals surface area contributed by atoms with Crippen LogP contribution in [0.2, 0.25) is 0 Å². The molecule has 0 aliphatic rings. The van der Waals surface area contributed by atoms with Crippen molar-refractivity contribution in [1.29, 1.82) is 0 Å². The molecule has 0 aliphatic carbocycles. The summed E-state index contributed by atoms with van der Waals surface area (Å²) in [6, 6.07) is 7.77. The van der Waals surface area contributed by atoms with Crippen molar-refractivity contribution in [2.75, 3.05) is 18.4 Å². The molecule has 2 rings (SSSR count). The van der Waals surface area contributed by atoms with Gasteiger partial charge in [0.2, 0.25) is 5.91 Å². The largest absolute Gasteiger partial charge is 0.338 e. The van der Waals surface area contributed by atoms with Crippen molar-refractivity contribution in [1.82, 2.24) is 14.9 Å². The van der Waals surface area contributed by atoms with Gasteiger partial charge in [-0.1, -0.05) is 12.1 Å². The third-order valence-corrected chi connectivity index (χ3v) is 3.03. The van der Waals surface area contributed by atoms with Crippen LogP contribution in [0.5, 0.6) is 0 Å². The molecule has 106 valence electrons. The van der Waals surface area contributed by atoms with Crippen LogP contribution in [0.15, 0.2) is 36.7 Å². The summed E-state index contributed by atoms with van der Waals surface area (Å²) in [4.78, 5) is 16.0. The highest BCUT2D eigenvalue weighted by Crippen LogP contribution is 2.08. The van der Waals surface area contributed by atoms with Gasteiger partial charge < -0.3 is 15.2 Å². The van der Waals surface area contributed by atoms with Crippen molar-refractivity contribution in [3.8, 4) is 0 Å². The number of aryl methyl sites for hydroxylation is 2. The number of aromatic nitrogens is 2. The lowest BCUT2D eigenvalue weighted by atomic mass is 10.2. The van der Waals surface area contributed by atoms with E-state index in [1.165, 1.54) is 0 Å². The topological polar surface area (TPSA) is 59.0 Å². The molecular formula is C15H20N4O. The minimum absolute atomic E-state index is 0.0320. The van der Waals surface area contributed by atoms with Gasteiger partial charge in [0.05, 0.1) is 6.54 Å². The third kappa shape index (κ3) is 4.20. The number of benzene rings is 1. The van der Waals surface area contributed by atoms with Gasteiger partial charge in [-0.15, -0.1) is 0 Å². The fourth-order valence-electron chi connectivity index (χ4n) is 1.97. The van der Waals surface area contributed by atoms with Crippen LogP contribution >= 0.6 is 0 Å². The van der Waals surface area contributed by atoms with Crippen LogP contribution in [-0.4, -0.2) is 28.5 Å². The summed E-state index contributed by atoms with van der Waals surface area (Å²) in [5.41, 5.74) is 1.96. The molecule has 1 aromatic heterocycles. The van der Waals surface area contributed by atoms with Gasteiger partial charge in [-0.2, -0.15) is 0 Å². The van der Waals surface area contributed by atoms with Crippen molar-refractivity contribution >= 4 is 11.6 Å². The van der Waals surface area contributed by atoms with E-state index in [2.05, 4.69) is 15.6 Å². The Morgan fingerprint density at radius 2 is 2.25 bits per heavy atom. The Bertz CT molecular complexity index is 577. The minimum atomic E-state index is -0.0320. The van der Waals surface area contributed by atoms with Crippen molar-refractivity contribution in [3.63, 3.8) is 0 Å². The van der Waals surface area contributed by atoms with Gasteiger partial charge in [-0.05, 0) is 24.6 Å². The summed E-state index contributed by atoms with van der Waals surface area (Å²) < 4.78 is 1.98. The number of imidazole rings is 1. The maximum atomic E-state index is 11.8. The van der Waals surface area contributed by atoms with Crippen molar-refractivity contribution in [3.05, 3.63) is 48.0 Å². The monoisotopic (exact) mass is 272 g/mol. The number of carbonyl (C=O) groups excluding carboxylic acids is 1. The fraction of sp³-hybridized carbons (Fsp3) is 0.333. The molecule has 1 heterocycles. The number of hydrogen-bond donors (Lipinski definition) is 2. The van der Waals surface area contributed by atoms with Crippen molar-refractivity contribution in [2.45, 2.75) is 13.3 Å². The number of carbonyl (C=O) groups is 1. The van der Waals surface area contributed by atoms with Crippen LogP contribution in [0.25, 0.3) is 0 Å². The molecule has 1 amide bonds. The molecule has 2 aromatic rings. The van der Waals surface area contributed by atoms with Gasteiger partial charge in [0.25, 0.3) is 0 Å². The average Bonchev–Trinajstić information content (AvgIpc) is 2.80. The minimum Gasteiger partial charge on any atom is -0.338 e. The lowest BCUT2D eigenvalue weighted by Crippen LogP contribution is -2.29. The molecule has 5 nitrogen and oxygen atoms in total. The van der Waals surface area contributed by atoms with E-state index in [-0.39, 0.29) is 5.91 Å². The highest BCUT2D eigenvalue weighted by Gasteiger charge is 2.03. The van der Waals surface area contributed by atoms with E-state index in [9.17, 15) is 4.79 Å². The van der Waals surface area contributed by atoms with E-state index in [0.717, 1.165) is 30.0 Å². The van der Waals surface area contributed by atoms with Crippen molar-refractivity contribution < 1.29 is 4.79 Å². The maximum absolute atomic E-state index is 11.8. The van der Waals surface area contributed by atoms with Gasteiger partial charge in [0.1, 0.15) is 5.82 Å². The quantitative estimate of drug-likeness (QED) is 0.783. The summed E-state index contributed by atoms with van der Waals surface area (Å²) in [7, 11) is 1.97. The maximum Gasteiger partial charge on any atom is 0.238 e. The molecule has 0 atom stereocenters. The molecule has 20 heavy (non-hydrogen) atoms. The number of hydrogen-bond acceptors (Lipinski definition) is 3. The molecule has 2 N–H and O–H groups in total. The molecule has 5 heteroatoms. The Balaban J connectivity index is 1.69. The molecule has 0 saturated carbocycles. The van der Waals surface area contributed by atoms with E-state index in [4.69, 9.17) is 0 Å². The first-order chi connectivity index (χ1) is 9.65. The lowest BCUT2D eigenvalue weighted by molar-refractivity contribution is -0.115. The van der Waals surface area contributed by atoms with Crippen LogP contribution in [0.1, 0.15) is 11.4 Å². The Morgan fingerprint density at radius 1 is 1.40 bits per heavy atom. The van der Waals surface area contributed by atoms with Gasteiger partial charge in [-0.3, -0.25) is 4.79 Å². The molecular weight excluding hydrogens is 252 g/mol. The normalized spacial score (nSPS) is 10.5. The highest BCUT2D eigenvalue weighted by atomic mass is 16.1. The zero-order chi connectivity index (χ0) is 14.4. The van der Waals surface area contributed by atoms with E-state index >= 15 is 0 Å². The second-order valence-electron chi connectivity index (χ2n) is 4.80. The first-order valence-corrected chi connectivity index (χ1v) is 6.68. The second kappa shape index (κ2) is 6.86. The van der Waals surface area contributed by atoms with E-state index in [1.807, 2.05) is 49.0 Å². The molecule has 0 bridgehead atoms. The fourth-order valence-corrected chi connectivity index (χ4v) is 1.97. The summed E-state index contributed by atoms with van der Waals surface area (Å²) >= 11 is 0. The summed E-state index contributed by atoms with van der Waals surface area (Å²) in [5.74, 6) is 0.979. The first kappa shape index (κ1) is 14.3. The SMILES string of the molecule is Cc1cccc(NC(=O)CNCCc2nccn2C)c1. The molecule has 0 saturated heterocycles. The summed E-state index contributed by atoms with van der Waals surface area (Å²) in [6.45, 7) is 3.03. The first-order valence-electron chi connectivity index (χ1n) is 6.68. The molecule has 0 radical (unpaired) electrons. The Morgan fingerprint density at radius 3 is 2.95 bits per heavy atom. The summed E-state index contributed by atoms with van der Waals surface area (Å²) in [6.07, 6.45) is 4.50. The zero-order valence-electron chi connectivity index (χ0n) is 11.9. The van der Waals surface area contributed by atoms with Crippen molar-refractivity contribution in [2.24, 2.45) is 7.05 Å². The van der Waals surface area contributed by atoms with E-state index < -0.39 is 0 Å². The lowest BCUT2D eigenvalue weighted by Gasteiger charge is -2.07. The van der Waals surface area contributed by atoms with Crippen LogP contribution in [0, 0.1) is 6.92 Å². The second-order valence-corrected chi connectivity index (χ2v) is 4.80. The molecule has 0 spiro atoms. The predicted octanol–water partition coefficient (Wildman–Crippen LogP) is 1.50. The predicted molar refractivity (Wildman–Crippen MR) is 79.6 cm³/mol. The standard InChI is InChI=1S/C15H20N4O/c1-12-4-3-5-13(10-12)18-15(20)11-16-7-6-14-17-8-9-19(14)2/h3-5,8-10,16H,6-7,11H2,1-2H3,(H,18,20). The Kier molecular flexibility index (Phi) is 4.90. The average molecular weight is 272 g/mol. The number of rotatable bonds is 6. The van der Waals surface area contributed by atoms with Crippen LogP contribution < -0.4 is 10.6 Å². The van der Waals surface area contributed by atoms with Gasteiger partial charge >= 0.3 is 0 Å². The van der Waals surface area contributed by atoms with E-state index in [1.54, 1.807) is 6.20 Å². The number of nitrogens with one attached hydrogen (secondary N) is 2. The van der Waals surface area contributed by atoms with Gasteiger partial charge in [-0.25, -0.2) is 4.98 Å². The molecule has 0 fully saturated rings. The third-order valence-electron chi connectivity index (χ3n) is 3.03. The Labute approximate surface area is 119 Å². The van der Waals surface area contributed by atoms with E-state index in [0.29, 0.717) is 6.54 Å². The summed E-state index contributed by atoms with van der Waals surface area (Å²) in [5, 5.41) is 5.99. The van der Waals surface area contributed by atoms with Crippen LogP contribution in [0.4, 0.5) is 5.69 Å². The molecule has 0 aliphatic heterocycles. The zero-order valence-corrected chi connectivity index (χ0v) is 11.9. The molecule has 1 aromatic carbocycles.